The van der Waals surface area contributed by atoms with Gasteiger partial charge in [0, 0.05) is 0 Å². The highest BCUT2D eigenvalue weighted by atomic mass is 32.1. The van der Waals surface area contributed by atoms with E-state index >= 15 is 0 Å². The zero-order chi connectivity index (χ0) is 13.1. The molecule has 0 radical (unpaired) electrons. The molecule has 0 aliphatic carbocycles. The van der Waals surface area contributed by atoms with Gasteiger partial charge in [-0.15, -0.1) is 0 Å². The Kier molecular flexibility index (Phi) is 3.33. The number of benzene rings is 1. The van der Waals surface area contributed by atoms with E-state index in [1.54, 1.807) is 0 Å². The van der Waals surface area contributed by atoms with Crippen LogP contribution in [-0.2, 0) is 0 Å². The van der Waals surface area contributed by atoms with Crippen molar-refractivity contribution in [2.45, 2.75) is 0 Å². The van der Waals surface area contributed by atoms with E-state index in [0.29, 0.717) is 0 Å². The van der Waals surface area contributed by atoms with Crippen molar-refractivity contribution >= 4 is 23.5 Å². The minimum atomic E-state index is -1.22. The van der Waals surface area contributed by atoms with E-state index in [1.807, 2.05) is 0 Å². The van der Waals surface area contributed by atoms with Gasteiger partial charge in [0.15, 0.2) is 5.69 Å². The molecular weight excluding hydrogens is 261 g/mol. The van der Waals surface area contributed by atoms with Gasteiger partial charge in [-0.3, -0.25) is 0 Å². The summed E-state index contributed by atoms with van der Waals surface area (Å²) in [5.74, 6) is -2.22. The van der Waals surface area contributed by atoms with Crippen molar-refractivity contribution in [1.82, 2.24) is 4.37 Å². The highest BCUT2D eigenvalue weighted by Crippen LogP contribution is 2.16. The molecule has 1 aromatic heterocycles. The van der Waals surface area contributed by atoms with Crippen LogP contribution in [-0.4, -0.2) is 21.4 Å². The lowest BCUT2D eigenvalue weighted by Gasteiger charge is -2.01. The van der Waals surface area contributed by atoms with E-state index in [4.69, 9.17) is 9.84 Å². The van der Waals surface area contributed by atoms with Gasteiger partial charge in [-0.25, -0.2) is 14.0 Å². The van der Waals surface area contributed by atoms with Gasteiger partial charge in [0.05, 0.1) is 0 Å². The van der Waals surface area contributed by atoms with E-state index in [1.165, 1.54) is 12.1 Å². The molecule has 1 heterocycles. The summed E-state index contributed by atoms with van der Waals surface area (Å²) in [4.78, 5) is 22.2. The van der Waals surface area contributed by atoms with E-state index in [9.17, 15) is 14.0 Å². The number of carboxylic acids is 1. The molecule has 0 amide bonds. The summed E-state index contributed by atoms with van der Waals surface area (Å²) >= 11 is 0.729. The summed E-state index contributed by atoms with van der Waals surface area (Å²) < 4.78 is 21.1. The fourth-order valence-electron chi connectivity index (χ4n) is 1.13. The molecule has 0 saturated carbocycles. The number of ether oxygens (including phenoxy) is 1. The van der Waals surface area contributed by atoms with Crippen LogP contribution in [0.25, 0.3) is 0 Å². The first kappa shape index (κ1) is 12.2. The Balaban J connectivity index is 2.11. The Hall–Kier alpha value is -2.28. The highest BCUT2D eigenvalue weighted by molar-refractivity contribution is 7.08. The number of hydrogen-bond acceptors (Lipinski definition) is 5. The molecule has 1 aromatic carbocycles. The van der Waals surface area contributed by atoms with Crippen LogP contribution in [0.1, 0.15) is 20.2 Å². The van der Waals surface area contributed by atoms with Crippen LogP contribution >= 0.6 is 11.5 Å². The summed E-state index contributed by atoms with van der Waals surface area (Å²) in [6, 6.07) is 6.02. The third kappa shape index (κ3) is 2.69. The second-order valence-corrected chi connectivity index (χ2v) is 4.03. The Morgan fingerprint density at radius 2 is 1.94 bits per heavy atom. The highest BCUT2D eigenvalue weighted by Gasteiger charge is 2.16. The lowest BCUT2D eigenvalue weighted by Crippen LogP contribution is -2.06. The molecule has 92 valence electrons. The van der Waals surface area contributed by atoms with E-state index in [2.05, 4.69) is 4.37 Å². The standard InChI is InChI=1S/C11H6FNO4S/c12-6-1-3-7(4-2-6)17-11(16)9-5-8(10(14)15)13-18-9/h1-5H,(H,14,15). The predicted molar refractivity (Wildman–Crippen MR) is 60.4 cm³/mol. The number of halogens is 1. The van der Waals surface area contributed by atoms with Crippen LogP contribution in [0.4, 0.5) is 4.39 Å². The predicted octanol–water partition coefficient (Wildman–Crippen LogP) is 2.20. The van der Waals surface area contributed by atoms with Gasteiger partial charge < -0.3 is 9.84 Å². The molecule has 7 heteroatoms. The molecule has 0 bridgehead atoms. The van der Waals surface area contributed by atoms with Crippen LogP contribution in [0, 0.1) is 5.82 Å². The number of carboxylic acid groups (broad SMARTS) is 1. The number of aromatic nitrogens is 1. The SMILES string of the molecule is O=C(O)c1cc(C(=O)Oc2ccc(F)cc2)sn1. The molecule has 18 heavy (non-hydrogen) atoms. The van der Waals surface area contributed by atoms with E-state index < -0.39 is 17.8 Å². The average Bonchev–Trinajstić information content (AvgIpc) is 2.81. The van der Waals surface area contributed by atoms with Gasteiger partial charge in [0.25, 0.3) is 0 Å². The molecular formula is C11H6FNO4S. The molecule has 0 saturated heterocycles. The lowest BCUT2D eigenvalue weighted by atomic mass is 10.3. The van der Waals surface area contributed by atoms with Gasteiger partial charge in [0.2, 0.25) is 0 Å². The number of carbonyl (C=O) groups is 2. The number of carbonyl (C=O) groups excluding carboxylic acids is 1. The Morgan fingerprint density at radius 1 is 1.28 bits per heavy atom. The number of aromatic carboxylic acids is 1. The third-order valence-electron chi connectivity index (χ3n) is 1.95. The summed E-state index contributed by atoms with van der Waals surface area (Å²) in [6.07, 6.45) is 0. The first-order valence-corrected chi connectivity index (χ1v) is 5.51. The fraction of sp³-hybridized carbons (Fsp3) is 0. The van der Waals surface area contributed by atoms with Crippen LogP contribution in [0.15, 0.2) is 30.3 Å². The summed E-state index contributed by atoms with van der Waals surface area (Å²) in [6.45, 7) is 0. The monoisotopic (exact) mass is 267 g/mol. The quantitative estimate of drug-likeness (QED) is 0.681. The van der Waals surface area contributed by atoms with Crippen molar-refractivity contribution in [3.63, 3.8) is 0 Å². The number of rotatable bonds is 3. The molecule has 0 aliphatic heterocycles. The van der Waals surface area contributed by atoms with Gasteiger partial charge in [-0.1, -0.05) is 0 Å². The Morgan fingerprint density at radius 3 is 2.50 bits per heavy atom. The second kappa shape index (κ2) is 4.92. The maximum atomic E-state index is 12.6. The zero-order valence-corrected chi connectivity index (χ0v) is 9.61. The Labute approximate surface area is 105 Å². The fourth-order valence-corrected chi connectivity index (χ4v) is 1.74. The Bertz CT molecular complexity index is 593. The summed E-state index contributed by atoms with van der Waals surface area (Å²) in [5, 5.41) is 8.65. The maximum absolute atomic E-state index is 12.6. The van der Waals surface area contributed by atoms with Gasteiger partial charge in [-0.05, 0) is 41.9 Å². The van der Waals surface area contributed by atoms with Crippen LogP contribution in [0.2, 0.25) is 0 Å². The molecule has 0 fully saturated rings. The van der Waals surface area contributed by atoms with Gasteiger partial charge in [-0.2, -0.15) is 4.37 Å². The topological polar surface area (TPSA) is 76.5 Å². The summed E-state index contributed by atoms with van der Waals surface area (Å²) in [7, 11) is 0. The minimum Gasteiger partial charge on any atom is -0.476 e. The smallest absolute Gasteiger partial charge is 0.355 e. The van der Waals surface area contributed by atoms with Gasteiger partial charge >= 0.3 is 11.9 Å². The summed E-state index contributed by atoms with van der Waals surface area (Å²) in [5.41, 5.74) is -0.217. The van der Waals surface area contributed by atoms with E-state index in [0.717, 1.165) is 29.7 Å². The number of hydrogen-bond donors (Lipinski definition) is 1. The van der Waals surface area contributed by atoms with Crippen molar-refractivity contribution in [1.29, 1.82) is 0 Å². The molecule has 5 nitrogen and oxygen atoms in total. The largest absolute Gasteiger partial charge is 0.476 e. The van der Waals surface area contributed by atoms with Crippen LogP contribution in [0.5, 0.6) is 5.75 Å². The average molecular weight is 267 g/mol. The molecule has 2 rings (SSSR count). The van der Waals surface area contributed by atoms with Crippen LogP contribution in [0.3, 0.4) is 0 Å². The van der Waals surface area contributed by atoms with Crippen molar-refractivity contribution < 1.29 is 23.8 Å². The molecule has 1 N–H and O–H groups in total. The minimum absolute atomic E-state index is 0.0664. The van der Waals surface area contributed by atoms with Crippen molar-refractivity contribution in [2.24, 2.45) is 0 Å². The number of nitrogens with zero attached hydrogens (tertiary/aromatic N) is 1. The molecule has 0 atom stereocenters. The van der Waals surface area contributed by atoms with Crippen molar-refractivity contribution in [3.05, 3.63) is 46.7 Å². The van der Waals surface area contributed by atoms with Crippen molar-refractivity contribution in [3.8, 4) is 5.75 Å². The van der Waals surface area contributed by atoms with Crippen LogP contribution < -0.4 is 4.74 Å². The molecule has 0 unspecified atom stereocenters. The first-order valence-electron chi connectivity index (χ1n) is 4.74. The first-order chi connectivity index (χ1) is 8.56. The normalized spacial score (nSPS) is 10.1. The number of esters is 1. The molecule has 2 aromatic rings. The third-order valence-corrected chi connectivity index (χ3v) is 2.72. The van der Waals surface area contributed by atoms with Crippen molar-refractivity contribution in [2.75, 3.05) is 0 Å². The zero-order valence-electron chi connectivity index (χ0n) is 8.79. The van der Waals surface area contributed by atoms with E-state index in [-0.39, 0.29) is 16.3 Å². The molecule has 0 spiro atoms. The molecule has 0 aliphatic rings. The van der Waals surface area contributed by atoms with Gasteiger partial charge in [0.1, 0.15) is 16.4 Å². The maximum Gasteiger partial charge on any atom is 0.355 e. The lowest BCUT2D eigenvalue weighted by molar-refractivity contribution is 0.0691. The second-order valence-electron chi connectivity index (χ2n) is 3.22.